The lowest BCUT2D eigenvalue weighted by Gasteiger charge is -2.28. The summed E-state index contributed by atoms with van der Waals surface area (Å²) in [5.41, 5.74) is 16.1. The van der Waals surface area contributed by atoms with Crippen LogP contribution in [0.4, 0.5) is 34.1 Å². The zero-order chi connectivity index (χ0) is 49.4. The summed E-state index contributed by atoms with van der Waals surface area (Å²) in [6.07, 6.45) is 0. The highest BCUT2D eigenvalue weighted by Crippen LogP contribution is 2.48. The molecule has 0 radical (unpaired) electrons. The molecule has 15 aromatic rings. The molecule has 0 atom stereocenters. The minimum Gasteiger partial charge on any atom is -0.310 e. The van der Waals surface area contributed by atoms with E-state index in [9.17, 15) is 0 Å². The molecule has 0 fully saturated rings. The second-order valence-electron chi connectivity index (χ2n) is 19.3. The first-order chi connectivity index (χ1) is 37.2. The molecular weight excluding hydrogens is 929 g/mol. The van der Waals surface area contributed by atoms with E-state index in [-0.39, 0.29) is 0 Å². The van der Waals surface area contributed by atoms with Gasteiger partial charge in [0.2, 0.25) is 0 Å². The molecule has 0 unspecified atom stereocenters. The van der Waals surface area contributed by atoms with Gasteiger partial charge in [-0.25, -0.2) is 0 Å². The third-order valence-corrected chi connectivity index (χ3v) is 16.1. The number of nitrogens with zero attached hydrogens (tertiary/aromatic N) is 4. The lowest BCUT2D eigenvalue weighted by atomic mass is 10.00. The van der Waals surface area contributed by atoms with Gasteiger partial charge in [-0.15, -0.1) is 11.3 Å². The maximum atomic E-state index is 2.48. The van der Waals surface area contributed by atoms with E-state index >= 15 is 0 Å². The van der Waals surface area contributed by atoms with Crippen LogP contribution >= 0.6 is 11.3 Å². The molecule has 0 spiro atoms. The highest BCUT2D eigenvalue weighted by molar-refractivity contribution is 7.17. The van der Waals surface area contributed by atoms with Crippen LogP contribution in [0, 0.1) is 0 Å². The van der Waals surface area contributed by atoms with Crippen molar-refractivity contribution in [2.45, 2.75) is 0 Å². The summed E-state index contributed by atoms with van der Waals surface area (Å²) >= 11 is 1.81. The lowest BCUT2D eigenvalue weighted by molar-refractivity contribution is 1.18. The van der Waals surface area contributed by atoms with Gasteiger partial charge in [-0.2, -0.15) is 0 Å². The molecule has 0 aliphatic rings. The number of aromatic nitrogens is 2. The van der Waals surface area contributed by atoms with Crippen molar-refractivity contribution in [1.29, 1.82) is 0 Å². The Morgan fingerprint density at radius 1 is 0.280 bits per heavy atom. The Morgan fingerprint density at radius 3 is 1.29 bits per heavy atom. The molecule has 0 N–H and O–H groups in total. The fourth-order valence-corrected chi connectivity index (χ4v) is 12.8. The second-order valence-corrected chi connectivity index (χ2v) is 20.2. The smallest absolute Gasteiger partial charge is 0.0549 e. The van der Waals surface area contributed by atoms with E-state index in [1.165, 1.54) is 86.4 Å². The number of thiophene rings is 1. The van der Waals surface area contributed by atoms with Crippen LogP contribution in [0.15, 0.2) is 278 Å². The van der Waals surface area contributed by atoms with Gasteiger partial charge in [0.1, 0.15) is 0 Å². The van der Waals surface area contributed by atoms with E-state index in [1.54, 1.807) is 11.3 Å². The predicted octanol–water partition coefficient (Wildman–Crippen LogP) is 20.0. The number of rotatable bonds is 9. The lowest BCUT2D eigenvalue weighted by Crippen LogP contribution is -2.11. The van der Waals surface area contributed by atoms with Crippen molar-refractivity contribution in [3.05, 3.63) is 278 Å². The molecule has 0 saturated heterocycles. The number of anilines is 6. The summed E-state index contributed by atoms with van der Waals surface area (Å²) in [6.45, 7) is 0. The zero-order valence-corrected chi connectivity index (χ0v) is 41.6. The average molecular weight is 975 g/mol. The minimum absolute atomic E-state index is 1.09. The summed E-state index contributed by atoms with van der Waals surface area (Å²) in [5, 5.41) is 13.1. The summed E-state index contributed by atoms with van der Waals surface area (Å²) in [4.78, 5) is 4.91. The molecule has 15 rings (SSSR count). The van der Waals surface area contributed by atoms with Crippen molar-refractivity contribution in [3.8, 4) is 22.5 Å². The van der Waals surface area contributed by atoms with Gasteiger partial charge in [-0.05, 0) is 136 Å². The number of hydrogen-bond acceptors (Lipinski definition) is 3. The van der Waals surface area contributed by atoms with E-state index in [4.69, 9.17) is 0 Å². The molecular formula is C70H46N4S. The van der Waals surface area contributed by atoms with Crippen LogP contribution < -0.4 is 9.80 Å². The molecule has 352 valence electrons. The van der Waals surface area contributed by atoms with Gasteiger partial charge in [-0.1, -0.05) is 164 Å². The highest BCUT2D eigenvalue weighted by Gasteiger charge is 2.24. The molecule has 3 aromatic heterocycles. The van der Waals surface area contributed by atoms with Gasteiger partial charge < -0.3 is 18.9 Å². The third kappa shape index (κ3) is 6.97. The molecule has 3 heterocycles. The maximum absolute atomic E-state index is 2.48. The molecule has 5 heteroatoms. The monoisotopic (exact) mass is 974 g/mol. The normalized spacial score (nSPS) is 11.7. The van der Waals surface area contributed by atoms with Gasteiger partial charge in [0.05, 0.1) is 39.1 Å². The first-order valence-corrected chi connectivity index (χ1v) is 26.5. The van der Waals surface area contributed by atoms with Crippen LogP contribution in [0.2, 0.25) is 0 Å². The van der Waals surface area contributed by atoms with Gasteiger partial charge in [0.25, 0.3) is 0 Å². The molecule has 0 amide bonds. The Hall–Kier alpha value is -9.68. The van der Waals surface area contributed by atoms with E-state index in [0.29, 0.717) is 0 Å². The number of para-hydroxylation sites is 4. The maximum Gasteiger partial charge on any atom is 0.0549 e. The van der Waals surface area contributed by atoms with Crippen LogP contribution in [0.1, 0.15) is 0 Å². The van der Waals surface area contributed by atoms with E-state index in [0.717, 1.165) is 45.5 Å². The Morgan fingerprint density at radius 2 is 0.720 bits per heavy atom. The van der Waals surface area contributed by atoms with Crippen molar-refractivity contribution in [3.63, 3.8) is 0 Å². The van der Waals surface area contributed by atoms with Gasteiger partial charge >= 0.3 is 0 Å². The van der Waals surface area contributed by atoms with Crippen molar-refractivity contribution < 1.29 is 0 Å². The summed E-state index contributed by atoms with van der Waals surface area (Å²) in [7, 11) is 0. The first kappa shape index (κ1) is 43.0. The van der Waals surface area contributed by atoms with Crippen LogP contribution in [0.25, 0.3) is 97.7 Å². The second kappa shape index (κ2) is 17.5. The van der Waals surface area contributed by atoms with Crippen molar-refractivity contribution in [1.82, 2.24) is 9.13 Å². The fourth-order valence-electron chi connectivity index (χ4n) is 11.8. The molecule has 4 nitrogen and oxygen atoms in total. The first-order valence-electron chi connectivity index (χ1n) is 25.6. The van der Waals surface area contributed by atoms with E-state index in [2.05, 4.69) is 297 Å². The SMILES string of the molecule is c1ccc(-n2c3ccccc3c3cc(N(c4ccc(-c5ccc(N(c6ccc7c(c6)c6ccccc6n7-c6ccccc6)c6cccc7ccccc67)c6ccsc56)cc4)c4cccc5ccccc45)ccc32)cc1. The third-order valence-electron chi connectivity index (χ3n) is 15.1. The van der Waals surface area contributed by atoms with Crippen LogP contribution in [-0.4, -0.2) is 9.13 Å². The number of hydrogen-bond donors (Lipinski definition) is 0. The number of benzene rings is 12. The molecule has 0 bridgehead atoms. The van der Waals surface area contributed by atoms with E-state index < -0.39 is 0 Å². The zero-order valence-electron chi connectivity index (χ0n) is 40.8. The number of fused-ring (bicyclic) bond motifs is 9. The molecule has 0 saturated carbocycles. The van der Waals surface area contributed by atoms with Gasteiger partial charge in [0.15, 0.2) is 0 Å². The Balaban J connectivity index is 0.874. The van der Waals surface area contributed by atoms with Gasteiger partial charge in [-0.3, -0.25) is 0 Å². The van der Waals surface area contributed by atoms with Gasteiger partial charge in [0, 0.05) is 70.8 Å². The Bertz CT molecular complexity index is 4650. The Kier molecular flexibility index (Phi) is 10.0. The predicted molar refractivity (Wildman–Crippen MR) is 320 cm³/mol. The Labute approximate surface area is 438 Å². The standard InChI is InChI=1S/C70H46N4S/c1-3-21-50(22-4-1)72-65-29-13-11-27-58(65)61-45-53(37-40-68(61)72)71(63-31-15-19-47-17-7-9-25-55(47)63)52-35-33-49(34-36-52)57-39-42-67(60-43-44-75-70(57)60)74(64-32-16-20-48-18-8-10-26-56(48)64)54-38-41-69-62(46-54)59-28-12-14-30-66(59)73(69)51-23-5-2-6-24-51/h1-46H. The molecule has 0 aliphatic heterocycles. The summed E-state index contributed by atoms with van der Waals surface area (Å²) < 4.78 is 6.02. The van der Waals surface area contributed by atoms with Crippen molar-refractivity contribution >= 4 is 121 Å². The largest absolute Gasteiger partial charge is 0.310 e. The summed E-state index contributed by atoms with van der Waals surface area (Å²) in [5.74, 6) is 0. The van der Waals surface area contributed by atoms with Crippen molar-refractivity contribution in [2.75, 3.05) is 9.80 Å². The van der Waals surface area contributed by atoms with Crippen LogP contribution in [0.5, 0.6) is 0 Å². The van der Waals surface area contributed by atoms with Crippen LogP contribution in [-0.2, 0) is 0 Å². The molecule has 0 aliphatic carbocycles. The van der Waals surface area contributed by atoms with E-state index in [1.807, 2.05) is 0 Å². The topological polar surface area (TPSA) is 16.3 Å². The highest BCUT2D eigenvalue weighted by atomic mass is 32.1. The fraction of sp³-hybridized carbons (Fsp3) is 0. The minimum atomic E-state index is 1.09. The molecule has 75 heavy (non-hydrogen) atoms. The summed E-state index contributed by atoms with van der Waals surface area (Å²) in [6, 6.07) is 99.8. The molecule has 12 aromatic carbocycles. The quantitative estimate of drug-likeness (QED) is 0.143. The average Bonchev–Trinajstić information content (AvgIpc) is 4.24. The van der Waals surface area contributed by atoms with Crippen molar-refractivity contribution in [2.24, 2.45) is 0 Å². The van der Waals surface area contributed by atoms with Crippen LogP contribution in [0.3, 0.4) is 0 Å².